The van der Waals surface area contributed by atoms with Gasteiger partial charge in [0.15, 0.2) is 0 Å². The zero-order valence-corrected chi connectivity index (χ0v) is 15.8. The molecule has 1 fully saturated rings. The lowest BCUT2D eigenvalue weighted by atomic mass is 9.96. The van der Waals surface area contributed by atoms with E-state index in [1.54, 1.807) is 6.07 Å². The number of sulfonamides is 1. The minimum Gasteiger partial charge on any atom is -0.464 e. The third-order valence-corrected chi connectivity index (χ3v) is 6.02. The van der Waals surface area contributed by atoms with E-state index < -0.39 is 16.1 Å². The Balaban J connectivity index is 1.88. The fourth-order valence-electron chi connectivity index (χ4n) is 3.68. The Kier molecular flexibility index (Phi) is 5.24. The molecule has 0 bridgehead atoms. The van der Waals surface area contributed by atoms with Crippen molar-refractivity contribution in [2.45, 2.75) is 12.8 Å². The number of piperidine rings is 1. The monoisotopic (exact) mass is 387 g/mol. The Morgan fingerprint density at radius 2 is 2.00 bits per heavy atom. The minimum absolute atomic E-state index is 0.0428. The first-order valence-corrected chi connectivity index (χ1v) is 10.5. The van der Waals surface area contributed by atoms with Gasteiger partial charge in [0.1, 0.15) is 0 Å². The van der Waals surface area contributed by atoms with Crippen LogP contribution in [0.3, 0.4) is 0 Å². The van der Waals surface area contributed by atoms with Gasteiger partial charge in [-0.3, -0.25) is 0 Å². The van der Waals surface area contributed by atoms with E-state index in [0.29, 0.717) is 16.4 Å². The molecular formula is C19H21N3O4S. The predicted molar refractivity (Wildman–Crippen MR) is 103 cm³/mol. The normalized spacial score (nSPS) is 17.5. The summed E-state index contributed by atoms with van der Waals surface area (Å²) >= 11 is 0. The van der Waals surface area contributed by atoms with Crippen LogP contribution in [-0.2, 0) is 10.0 Å². The van der Waals surface area contributed by atoms with E-state index in [0.717, 1.165) is 42.1 Å². The second kappa shape index (κ2) is 7.45. The highest BCUT2D eigenvalue weighted by Crippen LogP contribution is 2.32. The van der Waals surface area contributed by atoms with Crippen LogP contribution in [0.1, 0.15) is 18.4 Å². The summed E-state index contributed by atoms with van der Waals surface area (Å²) in [5, 5.41) is 20.4. The maximum absolute atomic E-state index is 11.7. The van der Waals surface area contributed by atoms with Gasteiger partial charge in [0, 0.05) is 36.1 Å². The van der Waals surface area contributed by atoms with Crippen LogP contribution >= 0.6 is 0 Å². The van der Waals surface area contributed by atoms with Gasteiger partial charge in [0.05, 0.1) is 17.9 Å². The molecule has 0 aliphatic carbocycles. The highest BCUT2D eigenvalue weighted by atomic mass is 32.2. The number of rotatable bonds is 4. The van der Waals surface area contributed by atoms with Gasteiger partial charge in [0.25, 0.3) is 0 Å². The number of anilines is 1. The largest absolute Gasteiger partial charge is 0.464 e. The van der Waals surface area contributed by atoms with E-state index in [1.807, 2.05) is 30.3 Å². The lowest BCUT2D eigenvalue weighted by Gasteiger charge is -2.36. The molecule has 7 nitrogen and oxygen atoms in total. The van der Waals surface area contributed by atoms with E-state index >= 15 is 0 Å². The molecule has 0 saturated carbocycles. The molecule has 1 amide bonds. The summed E-state index contributed by atoms with van der Waals surface area (Å²) in [5.74, 6) is -0.0843. The van der Waals surface area contributed by atoms with Crippen LogP contribution < -0.4 is 4.90 Å². The summed E-state index contributed by atoms with van der Waals surface area (Å²) in [7, 11) is -3.81. The molecule has 1 atom stereocenters. The molecular weight excluding hydrogens is 366 g/mol. The molecule has 1 heterocycles. The standard InChI is InChI=1S/C19H21N3O4S/c1-27(25,26)22(19(23)24)13-14-5-4-10-21(12-14)18-9-8-15(11-20)16-6-2-3-7-17(16)18/h2-3,6-9,14H,4-5,10,12-13H2,1H3,(H,23,24). The van der Waals surface area contributed by atoms with Gasteiger partial charge in [-0.1, -0.05) is 24.3 Å². The fraction of sp³-hybridized carbons (Fsp3) is 0.368. The van der Waals surface area contributed by atoms with Crippen molar-refractivity contribution in [1.82, 2.24) is 4.31 Å². The quantitative estimate of drug-likeness (QED) is 0.865. The van der Waals surface area contributed by atoms with E-state index in [9.17, 15) is 23.6 Å². The smallest absolute Gasteiger partial charge is 0.421 e. The third kappa shape index (κ3) is 3.98. The summed E-state index contributed by atoms with van der Waals surface area (Å²) in [5.41, 5.74) is 1.59. The Hall–Kier alpha value is -2.79. The first-order chi connectivity index (χ1) is 12.8. The number of hydrogen-bond acceptors (Lipinski definition) is 5. The van der Waals surface area contributed by atoms with Crippen molar-refractivity contribution in [3.8, 4) is 6.07 Å². The van der Waals surface area contributed by atoms with Crippen molar-refractivity contribution in [2.24, 2.45) is 5.92 Å². The summed E-state index contributed by atoms with van der Waals surface area (Å²) < 4.78 is 24.0. The van der Waals surface area contributed by atoms with E-state index in [4.69, 9.17) is 0 Å². The van der Waals surface area contributed by atoms with Gasteiger partial charge in [-0.15, -0.1) is 0 Å². The van der Waals surface area contributed by atoms with Crippen molar-refractivity contribution in [1.29, 1.82) is 5.26 Å². The zero-order chi connectivity index (χ0) is 19.6. The topological polar surface area (TPSA) is 102 Å². The molecule has 1 aliphatic heterocycles. The highest BCUT2D eigenvalue weighted by molar-refractivity contribution is 7.88. The number of carbonyl (C=O) groups is 1. The highest BCUT2D eigenvalue weighted by Gasteiger charge is 2.29. The van der Waals surface area contributed by atoms with Crippen molar-refractivity contribution < 1.29 is 18.3 Å². The van der Waals surface area contributed by atoms with Gasteiger partial charge >= 0.3 is 6.09 Å². The number of hydrogen-bond donors (Lipinski definition) is 1. The van der Waals surface area contributed by atoms with E-state index in [1.165, 1.54) is 0 Å². The molecule has 0 radical (unpaired) electrons. The summed E-state index contributed by atoms with van der Waals surface area (Å²) in [4.78, 5) is 13.5. The Bertz CT molecular complexity index is 1010. The predicted octanol–water partition coefficient (Wildman–Crippen LogP) is 2.87. The molecule has 142 valence electrons. The van der Waals surface area contributed by atoms with Crippen molar-refractivity contribution >= 4 is 32.6 Å². The molecule has 0 aromatic heterocycles. The average Bonchev–Trinajstić information content (AvgIpc) is 2.64. The maximum Gasteiger partial charge on any atom is 0.421 e. The van der Waals surface area contributed by atoms with Crippen LogP contribution in [0, 0.1) is 17.2 Å². The number of benzene rings is 2. The van der Waals surface area contributed by atoms with Crippen LogP contribution in [0.15, 0.2) is 36.4 Å². The molecule has 1 N–H and O–H groups in total. The van der Waals surface area contributed by atoms with Crippen LogP contribution in [0.5, 0.6) is 0 Å². The molecule has 8 heteroatoms. The molecule has 1 saturated heterocycles. The number of carboxylic acid groups (broad SMARTS) is 1. The minimum atomic E-state index is -3.81. The van der Waals surface area contributed by atoms with Gasteiger partial charge in [-0.05, 0) is 30.9 Å². The lowest BCUT2D eigenvalue weighted by Crippen LogP contribution is -2.44. The Labute approximate surface area is 158 Å². The molecule has 1 unspecified atom stereocenters. The van der Waals surface area contributed by atoms with E-state index in [2.05, 4.69) is 11.0 Å². The molecule has 2 aromatic rings. The lowest BCUT2D eigenvalue weighted by molar-refractivity contribution is 0.165. The number of nitrogens with zero attached hydrogens (tertiary/aromatic N) is 3. The molecule has 1 aliphatic rings. The molecule has 27 heavy (non-hydrogen) atoms. The number of fused-ring (bicyclic) bond motifs is 1. The fourth-order valence-corrected chi connectivity index (χ4v) is 4.44. The van der Waals surface area contributed by atoms with Gasteiger partial charge in [-0.2, -0.15) is 5.26 Å². The molecule has 0 spiro atoms. The summed E-state index contributed by atoms with van der Waals surface area (Å²) in [6.45, 7) is 1.33. The molecule has 3 rings (SSSR count). The van der Waals surface area contributed by atoms with Crippen molar-refractivity contribution in [2.75, 3.05) is 30.8 Å². The van der Waals surface area contributed by atoms with Gasteiger partial charge < -0.3 is 10.0 Å². The van der Waals surface area contributed by atoms with Crippen molar-refractivity contribution in [3.63, 3.8) is 0 Å². The Morgan fingerprint density at radius 3 is 2.63 bits per heavy atom. The average molecular weight is 387 g/mol. The summed E-state index contributed by atoms with van der Waals surface area (Å²) in [6, 6.07) is 13.6. The maximum atomic E-state index is 11.7. The third-order valence-electron chi connectivity index (χ3n) is 4.92. The second-order valence-corrected chi connectivity index (χ2v) is 8.73. The first-order valence-electron chi connectivity index (χ1n) is 8.68. The van der Waals surface area contributed by atoms with Gasteiger partial charge in [0.2, 0.25) is 10.0 Å². The van der Waals surface area contributed by atoms with Gasteiger partial charge in [-0.25, -0.2) is 17.5 Å². The number of amides is 1. The Morgan fingerprint density at radius 1 is 1.30 bits per heavy atom. The SMILES string of the molecule is CS(=O)(=O)N(CC1CCCN(c2ccc(C#N)c3ccccc23)C1)C(=O)O. The molecule has 2 aromatic carbocycles. The van der Waals surface area contributed by atoms with Crippen LogP contribution in [-0.4, -0.2) is 49.8 Å². The number of nitriles is 1. The summed E-state index contributed by atoms with van der Waals surface area (Å²) in [6.07, 6.45) is 1.08. The first kappa shape index (κ1) is 19.0. The van der Waals surface area contributed by atoms with E-state index in [-0.39, 0.29) is 12.5 Å². The second-order valence-electron chi connectivity index (χ2n) is 6.82. The van der Waals surface area contributed by atoms with Crippen molar-refractivity contribution in [3.05, 3.63) is 42.0 Å². The van der Waals surface area contributed by atoms with Crippen LogP contribution in [0.2, 0.25) is 0 Å². The zero-order valence-electron chi connectivity index (χ0n) is 15.0. The van der Waals surface area contributed by atoms with Crippen LogP contribution in [0.4, 0.5) is 10.5 Å². The van der Waals surface area contributed by atoms with Crippen LogP contribution in [0.25, 0.3) is 10.8 Å².